The van der Waals surface area contributed by atoms with Gasteiger partial charge in [0.15, 0.2) is 17.3 Å². The van der Waals surface area contributed by atoms with E-state index in [9.17, 15) is 9.90 Å². The third kappa shape index (κ3) is 3.25. The SMILES string of the molecule is C=C(O)C(CC)CC(=O)c1cc2cc(OC)c(OC)cc2s1. The molecule has 0 aliphatic heterocycles. The number of ketones is 1. The number of thiophene rings is 1. The highest BCUT2D eigenvalue weighted by Crippen LogP contribution is 2.37. The highest BCUT2D eigenvalue weighted by molar-refractivity contribution is 7.20. The van der Waals surface area contributed by atoms with Gasteiger partial charge >= 0.3 is 0 Å². The minimum atomic E-state index is -0.193. The number of allylic oxidation sites excluding steroid dienone is 1. The second-order valence-corrected chi connectivity index (χ2v) is 6.16. The van der Waals surface area contributed by atoms with Crippen LogP contribution in [-0.4, -0.2) is 25.1 Å². The molecule has 0 spiro atoms. The molecule has 1 unspecified atom stereocenters. The highest BCUT2D eigenvalue weighted by Gasteiger charge is 2.19. The summed E-state index contributed by atoms with van der Waals surface area (Å²) in [4.78, 5) is 13.1. The van der Waals surface area contributed by atoms with Gasteiger partial charge in [-0.3, -0.25) is 4.79 Å². The fraction of sp³-hybridized carbons (Fsp3) is 0.353. The average molecular weight is 320 g/mol. The minimum Gasteiger partial charge on any atom is -0.513 e. The molecule has 1 N–H and O–H groups in total. The van der Waals surface area contributed by atoms with Gasteiger partial charge in [-0.25, -0.2) is 0 Å². The fourth-order valence-electron chi connectivity index (χ4n) is 2.33. The zero-order chi connectivity index (χ0) is 16.3. The fourth-order valence-corrected chi connectivity index (χ4v) is 3.35. The van der Waals surface area contributed by atoms with Crippen LogP contribution in [0, 0.1) is 5.92 Å². The Morgan fingerprint density at radius 1 is 1.27 bits per heavy atom. The number of rotatable bonds is 7. The number of methoxy groups -OCH3 is 2. The Bertz CT molecular complexity index is 661. The second-order valence-electron chi connectivity index (χ2n) is 5.08. The van der Waals surface area contributed by atoms with Gasteiger partial charge in [-0.15, -0.1) is 11.3 Å². The van der Waals surface area contributed by atoms with Crippen molar-refractivity contribution in [2.75, 3.05) is 14.2 Å². The van der Waals surface area contributed by atoms with E-state index in [0.717, 1.165) is 10.1 Å². The van der Waals surface area contributed by atoms with Crippen molar-refractivity contribution in [1.29, 1.82) is 0 Å². The molecule has 0 aliphatic carbocycles. The maximum Gasteiger partial charge on any atom is 0.173 e. The summed E-state index contributed by atoms with van der Waals surface area (Å²) in [6.45, 7) is 5.47. The van der Waals surface area contributed by atoms with E-state index in [-0.39, 0.29) is 23.9 Å². The molecule has 1 heterocycles. The van der Waals surface area contributed by atoms with Crippen molar-refractivity contribution in [2.45, 2.75) is 19.8 Å². The van der Waals surface area contributed by atoms with E-state index in [1.54, 1.807) is 14.2 Å². The van der Waals surface area contributed by atoms with Crippen molar-refractivity contribution in [3.63, 3.8) is 0 Å². The van der Waals surface area contributed by atoms with Crippen molar-refractivity contribution in [3.8, 4) is 11.5 Å². The summed E-state index contributed by atoms with van der Waals surface area (Å²) in [6, 6.07) is 5.60. The van der Waals surface area contributed by atoms with Crippen LogP contribution < -0.4 is 9.47 Å². The first-order valence-electron chi connectivity index (χ1n) is 7.06. The van der Waals surface area contributed by atoms with Gasteiger partial charge in [0.2, 0.25) is 0 Å². The Morgan fingerprint density at radius 2 is 1.91 bits per heavy atom. The third-order valence-corrected chi connectivity index (χ3v) is 4.83. The zero-order valence-electron chi connectivity index (χ0n) is 13.0. The zero-order valence-corrected chi connectivity index (χ0v) is 13.8. The molecular weight excluding hydrogens is 300 g/mol. The molecule has 0 fully saturated rings. The molecule has 1 aromatic heterocycles. The van der Waals surface area contributed by atoms with E-state index in [2.05, 4.69) is 6.58 Å². The van der Waals surface area contributed by atoms with Crippen LogP contribution in [0.15, 0.2) is 30.5 Å². The highest BCUT2D eigenvalue weighted by atomic mass is 32.1. The Hall–Kier alpha value is -2.01. The smallest absolute Gasteiger partial charge is 0.173 e. The van der Waals surface area contributed by atoms with Gasteiger partial charge in [-0.05, 0) is 23.9 Å². The number of aliphatic hydroxyl groups excluding tert-OH is 1. The van der Waals surface area contributed by atoms with Crippen LogP contribution in [0.4, 0.5) is 0 Å². The largest absolute Gasteiger partial charge is 0.513 e. The molecule has 0 saturated heterocycles. The Morgan fingerprint density at radius 3 is 2.45 bits per heavy atom. The lowest BCUT2D eigenvalue weighted by molar-refractivity contribution is 0.0960. The van der Waals surface area contributed by atoms with E-state index in [4.69, 9.17) is 9.47 Å². The molecular formula is C17H20O4S. The number of carbonyl (C=O) groups excluding carboxylic acids is 1. The summed E-state index contributed by atoms with van der Waals surface area (Å²) < 4.78 is 11.5. The monoisotopic (exact) mass is 320 g/mol. The van der Waals surface area contributed by atoms with E-state index < -0.39 is 0 Å². The lowest BCUT2D eigenvalue weighted by Crippen LogP contribution is -2.08. The number of benzene rings is 1. The van der Waals surface area contributed by atoms with Crippen LogP contribution in [0.25, 0.3) is 10.1 Å². The lowest BCUT2D eigenvalue weighted by Gasteiger charge is -2.11. The van der Waals surface area contributed by atoms with Crippen LogP contribution in [0.2, 0.25) is 0 Å². The predicted octanol–water partition coefficient (Wildman–Crippen LogP) is 4.59. The number of hydrogen-bond acceptors (Lipinski definition) is 5. The van der Waals surface area contributed by atoms with E-state index in [0.29, 0.717) is 22.8 Å². The minimum absolute atomic E-state index is 0.0150. The van der Waals surface area contributed by atoms with E-state index in [1.165, 1.54) is 11.3 Å². The van der Waals surface area contributed by atoms with Crippen LogP contribution in [0.3, 0.4) is 0 Å². The number of hydrogen-bond donors (Lipinski definition) is 1. The van der Waals surface area contributed by atoms with Gasteiger partial charge in [0.1, 0.15) is 0 Å². The maximum absolute atomic E-state index is 12.4. The van der Waals surface area contributed by atoms with E-state index in [1.807, 2.05) is 25.1 Å². The summed E-state index contributed by atoms with van der Waals surface area (Å²) in [5.41, 5.74) is 0. The Kier molecular flexibility index (Phi) is 5.08. The first-order valence-corrected chi connectivity index (χ1v) is 7.88. The summed E-state index contributed by atoms with van der Waals surface area (Å²) in [7, 11) is 3.17. The van der Waals surface area contributed by atoms with Crippen LogP contribution in [0.1, 0.15) is 29.4 Å². The summed E-state index contributed by atoms with van der Waals surface area (Å²) >= 11 is 1.42. The first kappa shape index (κ1) is 16.4. The number of carbonyl (C=O) groups is 1. The van der Waals surface area contributed by atoms with Gasteiger partial charge in [-0.2, -0.15) is 0 Å². The normalized spacial score (nSPS) is 12.1. The van der Waals surface area contributed by atoms with Gasteiger partial charge in [0, 0.05) is 23.1 Å². The molecule has 0 amide bonds. The van der Waals surface area contributed by atoms with Crippen molar-refractivity contribution in [3.05, 3.63) is 35.4 Å². The molecule has 1 atom stereocenters. The molecule has 22 heavy (non-hydrogen) atoms. The molecule has 2 aromatic rings. The third-order valence-electron chi connectivity index (χ3n) is 3.69. The standard InChI is InChI=1S/C17H20O4S/c1-5-11(10(2)18)6-13(19)17-8-12-7-14(20-3)15(21-4)9-16(12)22-17/h7-9,11,18H,2,5-6H2,1,3-4H3. The summed E-state index contributed by atoms with van der Waals surface area (Å²) in [5, 5.41) is 10.5. The van der Waals surface area contributed by atoms with Crippen molar-refractivity contribution >= 4 is 27.2 Å². The number of fused-ring (bicyclic) bond motifs is 1. The maximum atomic E-state index is 12.4. The van der Waals surface area contributed by atoms with Crippen LogP contribution in [-0.2, 0) is 0 Å². The molecule has 118 valence electrons. The molecule has 1 aromatic carbocycles. The number of Topliss-reactive ketones (excluding diaryl/α,β-unsaturated/α-hetero) is 1. The molecule has 5 heteroatoms. The van der Waals surface area contributed by atoms with Crippen molar-refractivity contribution < 1.29 is 19.4 Å². The van der Waals surface area contributed by atoms with Crippen molar-refractivity contribution in [1.82, 2.24) is 0 Å². The van der Waals surface area contributed by atoms with Crippen molar-refractivity contribution in [2.24, 2.45) is 5.92 Å². The van der Waals surface area contributed by atoms with Gasteiger partial charge in [0.25, 0.3) is 0 Å². The number of ether oxygens (including phenoxy) is 2. The molecule has 0 saturated carbocycles. The summed E-state index contributed by atoms with van der Waals surface area (Å²) in [6.07, 6.45) is 0.959. The van der Waals surface area contributed by atoms with Gasteiger partial charge in [-0.1, -0.05) is 13.5 Å². The van der Waals surface area contributed by atoms with Crippen LogP contribution in [0.5, 0.6) is 11.5 Å². The molecule has 0 radical (unpaired) electrons. The molecule has 0 bridgehead atoms. The van der Waals surface area contributed by atoms with Crippen LogP contribution >= 0.6 is 11.3 Å². The second kappa shape index (κ2) is 6.83. The van der Waals surface area contributed by atoms with E-state index >= 15 is 0 Å². The quantitative estimate of drug-likeness (QED) is 0.599. The lowest BCUT2D eigenvalue weighted by atomic mass is 9.97. The molecule has 0 aliphatic rings. The predicted molar refractivity (Wildman–Crippen MR) is 89.4 cm³/mol. The molecule has 4 nitrogen and oxygen atoms in total. The number of aliphatic hydroxyl groups is 1. The van der Waals surface area contributed by atoms with Gasteiger partial charge in [0.05, 0.1) is 24.9 Å². The topological polar surface area (TPSA) is 55.8 Å². The van der Waals surface area contributed by atoms with Gasteiger partial charge < -0.3 is 14.6 Å². The first-order chi connectivity index (χ1) is 10.5. The summed E-state index contributed by atoms with van der Waals surface area (Å²) in [5.74, 6) is 1.18. The average Bonchev–Trinajstić information content (AvgIpc) is 2.93. The Balaban J connectivity index is 2.32. The Labute approximate surface area is 134 Å². The molecule has 2 rings (SSSR count).